The molecule has 2 aromatic rings. The van der Waals surface area contributed by atoms with Crippen molar-refractivity contribution in [1.82, 2.24) is 15.1 Å². The third-order valence-electron chi connectivity index (χ3n) is 5.03. The fourth-order valence-corrected chi connectivity index (χ4v) is 3.04. The van der Waals surface area contributed by atoms with Crippen molar-refractivity contribution in [1.29, 1.82) is 0 Å². The van der Waals surface area contributed by atoms with Crippen LogP contribution >= 0.6 is 0 Å². The highest BCUT2D eigenvalue weighted by molar-refractivity contribution is 6.38. The molecule has 0 N–H and O–H groups in total. The lowest BCUT2D eigenvalue weighted by molar-refractivity contribution is -0.124. The largest absolute Gasteiger partial charge is 0.455 e. The molecule has 0 aliphatic heterocycles. The van der Waals surface area contributed by atoms with Crippen LogP contribution in [0.25, 0.3) is 5.57 Å². The van der Waals surface area contributed by atoms with Gasteiger partial charge in [-0.2, -0.15) is 10.2 Å². The van der Waals surface area contributed by atoms with Crippen molar-refractivity contribution in [3.8, 4) is 11.5 Å². The van der Waals surface area contributed by atoms with Crippen LogP contribution in [0.5, 0.6) is 11.5 Å². The minimum Gasteiger partial charge on any atom is -0.455 e. The Kier molecular flexibility index (Phi) is 8.71. The van der Waals surface area contributed by atoms with E-state index in [-0.39, 0.29) is 5.91 Å². The van der Waals surface area contributed by atoms with Crippen LogP contribution in [0.3, 0.4) is 0 Å². The number of benzene rings is 1. The predicted molar refractivity (Wildman–Crippen MR) is 122 cm³/mol. The van der Waals surface area contributed by atoms with Crippen molar-refractivity contribution in [2.75, 3.05) is 13.1 Å². The molecule has 0 spiro atoms. The molecule has 0 aliphatic rings. The molecular formula is C24H32N4O2. The van der Waals surface area contributed by atoms with Crippen molar-refractivity contribution in [2.45, 2.75) is 54.4 Å². The molecule has 0 bridgehead atoms. The van der Waals surface area contributed by atoms with Gasteiger partial charge in [0, 0.05) is 24.9 Å². The third kappa shape index (κ3) is 6.24. The Bertz CT molecular complexity index is 920. The number of rotatable bonds is 9. The van der Waals surface area contributed by atoms with Gasteiger partial charge in [-0.05, 0) is 69.9 Å². The highest BCUT2D eigenvalue weighted by atomic mass is 16.5. The van der Waals surface area contributed by atoms with E-state index in [2.05, 4.69) is 28.2 Å². The van der Waals surface area contributed by atoms with Crippen molar-refractivity contribution in [3.05, 3.63) is 53.5 Å². The first-order chi connectivity index (χ1) is 14.4. The van der Waals surface area contributed by atoms with Crippen LogP contribution < -0.4 is 4.74 Å². The van der Waals surface area contributed by atoms with Gasteiger partial charge in [0.05, 0.1) is 12.4 Å². The maximum Gasteiger partial charge on any atom is 0.267 e. The number of carbonyl (C=O) groups excluding carboxylic acids is 1. The van der Waals surface area contributed by atoms with Gasteiger partial charge in [0.15, 0.2) is 0 Å². The van der Waals surface area contributed by atoms with Gasteiger partial charge in [-0.25, -0.2) is 0 Å². The Morgan fingerprint density at radius 2 is 1.90 bits per heavy atom. The summed E-state index contributed by atoms with van der Waals surface area (Å²) in [6, 6.07) is 7.77. The Labute approximate surface area is 179 Å². The molecule has 2 rings (SSSR count). The standard InChI is InChI=1S/C24H32N4O2/c1-7-9-14-28(8-2)24(29)20(6)27-19(5)18(4)21-10-11-23(17(3)15-21)30-22-12-13-25-26-16-22/h10-13,15-16H,7-9,14H2,1-6H3/b19-18+,27-20?. The molecule has 1 aromatic heterocycles. The summed E-state index contributed by atoms with van der Waals surface area (Å²) in [5.74, 6) is 1.41. The molecule has 6 nitrogen and oxygen atoms in total. The van der Waals surface area contributed by atoms with Crippen molar-refractivity contribution < 1.29 is 9.53 Å². The average Bonchev–Trinajstić information content (AvgIpc) is 2.75. The average molecular weight is 409 g/mol. The van der Waals surface area contributed by atoms with Crippen molar-refractivity contribution >= 4 is 17.2 Å². The second-order valence-electron chi connectivity index (χ2n) is 7.31. The number of aliphatic imine (C=N–C) groups is 1. The van der Waals surface area contributed by atoms with Crippen LogP contribution in [0.1, 0.15) is 58.6 Å². The Balaban J connectivity index is 2.20. The van der Waals surface area contributed by atoms with Crippen LogP contribution in [0.15, 0.2) is 47.3 Å². The lowest BCUT2D eigenvalue weighted by Crippen LogP contribution is -2.36. The molecule has 0 saturated heterocycles. The van der Waals surface area contributed by atoms with E-state index in [0.717, 1.165) is 47.5 Å². The SMILES string of the molecule is CCCCN(CC)C(=O)C(C)=N/C(C)=C(\C)c1ccc(Oc2ccnnc2)c(C)c1. The van der Waals surface area contributed by atoms with Crippen LogP contribution in [0.2, 0.25) is 0 Å². The van der Waals surface area contributed by atoms with E-state index in [9.17, 15) is 4.79 Å². The lowest BCUT2D eigenvalue weighted by atomic mass is 10.0. The molecule has 0 unspecified atom stereocenters. The van der Waals surface area contributed by atoms with Gasteiger partial charge in [0.1, 0.15) is 17.2 Å². The summed E-state index contributed by atoms with van der Waals surface area (Å²) in [5, 5.41) is 7.59. The summed E-state index contributed by atoms with van der Waals surface area (Å²) in [5.41, 5.74) is 4.43. The summed E-state index contributed by atoms with van der Waals surface area (Å²) < 4.78 is 5.87. The highest BCUT2D eigenvalue weighted by Crippen LogP contribution is 2.28. The summed E-state index contributed by atoms with van der Waals surface area (Å²) in [6.07, 6.45) is 5.24. The molecule has 1 aromatic carbocycles. The molecule has 0 atom stereocenters. The molecule has 30 heavy (non-hydrogen) atoms. The van der Waals surface area contributed by atoms with E-state index >= 15 is 0 Å². The molecule has 6 heteroatoms. The molecule has 160 valence electrons. The Morgan fingerprint density at radius 1 is 1.13 bits per heavy atom. The van der Waals surface area contributed by atoms with Crippen molar-refractivity contribution in [2.24, 2.45) is 4.99 Å². The number of aryl methyl sites for hydroxylation is 1. The topological polar surface area (TPSA) is 67.7 Å². The molecule has 1 heterocycles. The first kappa shape index (κ1) is 23.3. The second-order valence-corrected chi connectivity index (χ2v) is 7.31. The highest BCUT2D eigenvalue weighted by Gasteiger charge is 2.15. The number of carbonyl (C=O) groups is 1. The van der Waals surface area contributed by atoms with Gasteiger partial charge >= 0.3 is 0 Å². The number of unbranched alkanes of at least 4 members (excludes halogenated alkanes) is 1. The summed E-state index contributed by atoms with van der Waals surface area (Å²) in [6.45, 7) is 13.4. The minimum absolute atomic E-state index is 0.00369. The van der Waals surface area contributed by atoms with Crippen LogP contribution in [0.4, 0.5) is 0 Å². The van der Waals surface area contributed by atoms with E-state index in [0.29, 0.717) is 18.0 Å². The number of nitrogens with zero attached hydrogens (tertiary/aromatic N) is 4. The minimum atomic E-state index is 0.00369. The van der Waals surface area contributed by atoms with Crippen LogP contribution in [-0.2, 0) is 4.79 Å². The molecule has 0 fully saturated rings. The van der Waals surface area contributed by atoms with Gasteiger partial charge in [-0.15, -0.1) is 0 Å². The third-order valence-corrected chi connectivity index (χ3v) is 5.03. The van der Waals surface area contributed by atoms with Crippen molar-refractivity contribution in [3.63, 3.8) is 0 Å². The van der Waals surface area contributed by atoms with E-state index < -0.39 is 0 Å². The number of hydrogen-bond donors (Lipinski definition) is 0. The maximum absolute atomic E-state index is 12.7. The van der Waals surface area contributed by atoms with E-state index in [4.69, 9.17) is 4.74 Å². The molecule has 1 amide bonds. The predicted octanol–water partition coefficient (Wildman–Crippen LogP) is 5.44. The van der Waals surface area contributed by atoms with Gasteiger partial charge in [-0.1, -0.05) is 19.4 Å². The van der Waals surface area contributed by atoms with Gasteiger partial charge < -0.3 is 9.64 Å². The van der Waals surface area contributed by atoms with E-state index in [1.54, 1.807) is 25.4 Å². The number of aromatic nitrogens is 2. The zero-order valence-electron chi connectivity index (χ0n) is 18.9. The molecular weight excluding hydrogens is 376 g/mol. The first-order valence-corrected chi connectivity index (χ1v) is 10.4. The van der Waals surface area contributed by atoms with E-state index in [1.807, 2.05) is 44.7 Å². The normalized spacial score (nSPS) is 12.4. The van der Waals surface area contributed by atoms with Crippen LogP contribution in [0, 0.1) is 6.92 Å². The number of ether oxygens (including phenoxy) is 1. The fraction of sp³-hybridized carbons (Fsp3) is 0.417. The number of allylic oxidation sites excluding steroid dienone is 2. The van der Waals surface area contributed by atoms with Crippen LogP contribution in [-0.4, -0.2) is 39.8 Å². The molecule has 0 radical (unpaired) electrons. The fourth-order valence-electron chi connectivity index (χ4n) is 3.04. The number of hydrogen-bond acceptors (Lipinski definition) is 5. The lowest BCUT2D eigenvalue weighted by Gasteiger charge is -2.20. The quantitative estimate of drug-likeness (QED) is 0.518. The zero-order chi connectivity index (χ0) is 22.1. The van der Waals surface area contributed by atoms with E-state index in [1.165, 1.54) is 0 Å². The molecule has 0 aliphatic carbocycles. The van der Waals surface area contributed by atoms with Gasteiger partial charge in [0.25, 0.3) is 5.91 Å². The summed E-state index contributed by atoms with van der Waals surface area (Å²) in [4.78, 5) is 19.2. The summed E-state index contributed by atoms with van der Waals surface area (Å²) in [7, 11) is 0. The smallest absolute Gasteiger partial charge is 0.267 e. The maximum atomic E-state index is 12.7. The Hall–Kier alpha value is -3.02. The van der Waals surface area contributed by atoms with Gasteiger partial charge in [0.2, 0.25) is 0 Å². The second kappa shape index (κ2) is 11.2. The Morgan fingerprint density at radius 3 is 2.50 bits per heavy atom. The first-order valence-electron chi connectivity index (χ1n) is 10.4. The molecule has 0 saturated carbocycles. The monoisotopic (exact) mass is 408 g/mol. The zero-order valence-corrected chi connectivity index (χ0v) is 18.9. The summed E-state index contributed by atoms with van der Waals surface area (Å²) >= 11 is 0. The van der Waals surface area contributed by atoms with Gasteiger partial charge in [-0.3, -0.25) is 9.79 Å². The number of amides is 1.